The van der Waals surface area contributed by atoms with Crippen molar-refractivity contribution in [2.24, 2.45) is 5.92 Å². The molecule has 2 atom stereocenters. The molecule has 96 valence electrons. The minimum Gasteiger partial charge on any atom is -0.318 e. The Kier molecular flexibility index (Phi) is 7.06. The normalized spacial score (nSPS) is 25.3. The van der Waals surface area contributed by atoms with Crippen molar-refractivity contribution < 1.29 is 0 Å². The van der Waals surface area contributed by atoms with Crippen molar-refractivity contribution in [3.63, 3.8) is 0 Å². The van der Waals surface area contributed by atoms with Crippen LogP contribution in [0, 0.1) is 5.92 Å². The molecule has 2 unspecified atom stereocenters. The predicted octanol–water partition coefficient (Wildman–Crippen LogP) is 2.89. The predicted molar refractivity (Wildman–Crippen MR) is 71.8 cm³/mol. The van der Waals surface area contributed by atoms with Gasteiger partial charge in [0, 0.05) is 12.6 Å². The molecule has 0 bridgehead atoms. The van der Waals surface area contributed by atoms with E-state index in [0.717, 1.165) is 18.5 Å². The summed E-state index contributed by atoms with van der Waals surface area (Å²) in [7, 11) is 2.08. The molecule has 0 radical (unpaired) electrons. The first-order valence-corrected chi connectivity index (χ1v) is 7.20. The summed E-state index contributed by atoms with van der Waals surface area (Å²) >= 11 is 0. The van der Waals surface area contributed by atoms with Crippen LogP contribution in [0.15, 0.2) is 0 Å². The zero-order valence-corrected chi connectivity index (χ0v) is 11.5. The van der Waals surface area contributed by atoms with Gasteiger partial charge in [0.15, 0.2) is 0 Å². The topological polar surface area (TPSA) is 15.3 Å². The largest absolute Gasteiger partial charge is 0.318 e. The Labute approximate surface area is 102 Å². The van der Waals surface area contributed by atoms with E-state index in [1.54, 1.807) is 0 Å². The number of nitrogens with one attached hydrogen (secondary N) is 1. The first-order valence-electron chi connectivity index (χ1n) is 7.20. The van der Waals surface area contributed by atoms with Gasteiger partial charge in [0.05, 0.1) is 0 Å². The maximum Gasteiger partial charge on any atom is 0.0220 e. The van der Waals surface area contributed by atoms with E-state index in [1.807, 2.05) is 0 Å². The Morgan fingerprint density at radius 1 is 1.25 bits per heavy atom. The van der Waals surface area contributed by atoms with E-state index in [1.165, 1.54) is 51.6 Å². The monoisotopic (exact) mass is 226 g/mol. The van der Waals surface area contributed by atoms with Crippen molar-refractivity contribution >= 4 is 0 Å². The van der Waals surface area contributed by atoms with Gasteiger partial charge in [0.1, 0.15) is 0 Å². The molecule has 0 saturated carbocycles. The summed E-state index contributed by atoms with van der Waals surface area (Å²) < 4.78 is 0. The summed E-state index contributed by atoms with van der Waals surface area (Å²) in [5.74, 6) is 0.988. The van der Waals surface area contributed by atoms with Crippen LogP contribution in [0.4, 0.5) is 0 Å². The average molecular weight is 226 g/mol. The van der Waals surface area contributed by atoms with Gasteiger partial charge in [-0.05, 0) is 51.7 Å². The third-order valence-corrected chi connectivity index (χ3v) is 4.04. The molecule has 0 amide bonds. The van der Waals surface area contributed by atoms with Crippen molar-refractivity contribution in [3.8, 4) is 0 Å². The number of likely N-dealkylation sites (N-methyl/N-ethyl adjacent to an activating group) is 1. The van der Waals surface area contributed by atoms with E-state index in [4.69, 9.17) is 0 Å². The lowest BCUT2D eigenvalue weighted by Crippen LogP contribution is -2.42. The molecule has 1 N–H and O–H groups in total. The smallest absolute Gasteiger partial charge is 0.0220 e. The van der Waals surface area contributed by atoms with Gasteiger partial charge in [0.25, 0.3) is 0 Å². The van der Waals surface area contributed by atoms with Crippen LogP contribution in [-0.4, -0.2) is 37.6 Å². The highest BCUT2D eigenvalue weighted by atomic mass is 15.2. The first kappa shape index (κ1) is 14.0. The van der Waals surface area contributed by atoms with Crippen LogP contribution in [0.25, 0.3) is 0 Å². The number of likely N-dealkylation sites (tertiary alicyclic amines) is 1. The molecule has 0 spiro atoms. The van der Waals surface area contributed by atoms with Crippen LogP contribution in [-0.2, 0) is 0 Å². The van der Waals surface area contributed by atoms with E-state index < -0.39 is 0 Å². The molecule has 1 heterocycles. The van der Waals surface area contributed by atoms with Gasteiger partial charge in [-0.25, -0.2) is 0 Å². The Hall–Kier alpha value is -0.0800. The Balaban J connectivity index is 2.43. The van der Waals surface area contributed by atoms with Gasteiger partial charge in [-0.1, -0.05) is 26.7 Å². The number of rotatable bonds is 6. The quantitative estimate of drug-likeness (QED) is 0.749. The highest BCUT2D eigenvalue weighted by Crippen LogP contribution is 2.22. The minimum atomic E-state index is 0.769. The summed E-state index contributed by atoms with van der Waals surface area (Å²) in [6.07, 6.45) is 8.30. The molecule has 0 aromatic carbocycles. The van der Waals surface area contributed by atoms with E-state index in [0.29, 0.717) is 0 Å². The summed E-state index contributed by atoms with van der Waals surface area (Å²) in [4.78, 5) is 2.73. The lowest BCUT2D eigenvalue weighted by Gasteiger charge is -2.30. The highest BCUT2D eigenvalue weighted by Gasteiger charge is 2.21. The van der Waals surface area contributed by atoms with E-state index in [9.17, 15) is 0 Å². The number of nitrogens with zero attached hydrogens (tertiary/aromatic N) is 1. The first-order chi connectivity index (χ1) is 7.81. The average Bonchev–Trinajstić information content (AvgIpc) is 2.53. The number of hydrogen-bond acceptors (Lipinski definition) is 2. The molecule has 0 aliphatic carbocycles. The molecule has 1 rings (SSSR count). The van der Waals surface area contributed by atoms with Crippen molar-refractivity contribution in [2.75, 3.05) is 26.7 Å². The fourth-order valence-electron chi connectivity index (χ4n) is 2.94. The van der Waals surface area contributed by atoms with Gasteiger partial charge < -0.3 is 5.32 Å². The van der Waals surface area contributed by atoms with Crippen molar-refractivity contribution in [1.82, 2.24) is 10.2 Å². The molecule has 16 heavy (non-hydrogen) atoms. The maximum atomic E-state index is 3.35. The van der Waals surface area contributed by atoms with Crippen molar-refractivity contribution in [2.45, 2.75) is 58.4 Å². The lowest BCUT2D eigenvalue weighted by molar-refractivity contribution is 0.188. The van der Waals surface area contributed by atoms with E-state index in [-0.39, 0.29) is 0 Å². The second kappa shape index (κ2) is 8.08. The summed E-state index contributed by atoms with van der Waals surface area (Å²) in [5, 5.41) is 3.35. The van der Waals surface area contributed by atoms with E-state index in [2.05, 4.69) is 31.1 Å². The third kappa shape index (κ3) is 4.42. The van der Waals surface area contributed by atoms with Gasteiger partial charge in [-0.2, -0.15) is 0 Å². The van der Waals surface area contributed by atoms with Crippen LogP contribution >= 0.6 is 0 Å². The molecular formula is C14H30N2. The summed E-state index contributed by atoms with van der Waals surface area (Å²) in [5.41, 5.74) is 0. The molecular weight excluding hydrogens is 196 g/mol. The number of hydrogen-bond donors (Lipinski definition) is 1. The van der Waals surface area contributed by atoms with Crippen LogP contribution in [0.3, 0.4) is 0 Å². The second-order valence-electron chi connectivity index (χ2n) is 5.24. The van der Waals surface area contributed by atoms with Crippen LogP contribution in [0.1, 0.15) is 52.4 Å². The molecule has 0 aromatic heterocycles. The third-order valence-electron chi connectivity index (χ3n) is 4.04. The van der Waals surface area contributed by atoms with Crippen LogP contribution in [0.2, 0.25) is 0 Å². The fourth-order valence-corrected chi connectivity index (χ4v) is 2.94. The molecule has 2 heteroatoms. The Morgan fingerprint density at radius 2 is 2.06 bits per heavy atom. The van der Waals surface area contributed by atoms with Crippen molar-refractivity contribution in [3.05, 3.63) is 0 Å². The Morgan fingerprint density at radius 3 is 2.69 bits per heavy atom. The fraction of sp³-hybridized carbons (Fsp3) is 1.00. The van der Waals surface area contributed by atoms with Gasteiger partial charge >= 0.3 is 0 Å². The van der Waals surface area contributed by atoms with Gasteiger partial charge in [0.2, 0.25) is 0 Å². The minimum absolute atomic E-state index is 0.769. The SMILES string of the molecule is CCCC(CNC)N1CCCC(CC)CC1. The van der Waals surface area contributed by atoms with Crippen LogP contribution in [0.5, 0.6) is 0 Å². The molecule has 2 nitrogen and oxygen atoms in total. The van der Waals surface area contributed by atoms with Gasteiger partial charge in [-0.3, -0.25) is 4.90 Å². The van der Waals surface area contributed by atoms with Gasteiger partial charge in [-0.15, -0.1) is 0 Å². The molecule has 1 aliphatic heterocycles. The van der Waals surface area contributed by atoms with Crippen LogP contribution < -0.4 is 5.32 Å². The molecule has 1 saturated heterocycles. The second-order valence-corrected chi connectivity index (χ2v) is 5.24. The Bertz CT molecular complexity index is 164. The zero-order valence-electron chi connectivity index (χ0n) is 11.5. The molecule has 0 aromatic rings. The summed E-state index contributed by atoms with van der Waals surface area (Å²) in [6, 6.07) is 0.769. The highest BCUT2D eigenvalue weighted by molar-refractivity contribution is 4.77. The standard InChI is InChI=1S/C14H30N2/c1-4-7-14(12-15-3)16-10-6-8-13(5-2)9-11-16/h13-15H,4-12H2,1-3H3. The lowest BCUT2D eigenvalue weighted by atomic mass is 9.98. The maximum absolute atomic E-state index is 3.35. The summed E-state index contributed by atoms with van der Waals surface area (Å²) in [6.45, 7) is 8.45. The van der Waals surface area contributed by atoms with E-state index >= 15 is 0 Å². The zero-order chi connectivity index (χ0) is 11.8. The molecule has 1 aliphatic rings. The molecule has 1 fully saturated rings. The van der Waals surface area contributed by atoms with Crippen molar-refractivity contribution in [1.29, 1.82) is 0 Å².